The fourth-order valence-electron chi connectivity index (χ4n) is 2.99. The number of rotatable bonds is 6. The first-order valence-electron chi connectivity index (χ1n) is 8.88. The van der Waals surface area contributed by atoms with Crippen molar-refractivity contribution < 1.29 is 19.0 Å². The Hall–Kier alpha value is -1.99. The van der Waals surface area contributed by atoms with Crippen molar-refractivity contribution in [3.63, 3.8) is 0 Å². The molecule has 2 aromatic carbocycles. The minimum Gasteiger partial charge on any atom is -0.388 e. The van der Waals surface area contributed by atoms with Gasteiger partial charge in [0.15, 0.2) is 0 Å². The number of carbonyl (C=O) groups excluding carboxylic acids is 1. The standard InChI is InChI=1S/C20H22ClFN2O3/c21-16-2-1-3-17(22)19(16)20(26)23-15-6-4-14(5-7-15)18(25)8-9-24-10-12-27-13-11-24/h1-7,18,25H,8-13H2,(H,23,26). The van der Waals surface area contributed by atoms with Crippen LogP contribution in [-0.2, 0) is 4.74 Å². The van der Waals surface area contributed by atoms with Crippen molar-refractivity contribution in [2.75, 3.05) is 38.2 Å². The van der Waals surface area contributed by atoms with Crippen LogP contribution in [0.4, 0.5) is 10.1 Å². The lowest BCUT2D eigenvalue weighted by Crippen LogP contribution is -2.37. The Morgan fingerprint density at radius 2 is 1.93 bits per heavy atom. The van der Waals surface area contributed by atoms with Gasteiger partial charge in [-0.1, -0.05) is 29.8 Å². The zero-order valence-corrected chi connectivity index (χ0v) is 15.6. The number of carbonyl (C=O) groups is 1. The number of nitrogens with one attached hydrogen (secondary N) is 1. The molecule has 1 saturated heterocycles. The van der Waals surface area contributed by atoms with Gasteiger partial charge in [0.1, 0.15) is 5.82 Å². The van der Waals surface area contributed by atoms with Crippen LogP contribution in [0, 0.1) is 5.82 Å². The summed E-state index contributed by atoms with van der Waals surface area (Å²) >= 11 is 5.91. The van der Waals surface area contributed by atoms with Crippen LogP contribution in [0.5, 0.6) is 0 Å². The first-order chi connectivity index (χ1) is 13.0. The van der Waals surface area contributed by atoms with Gasteiger partial charge >= 0.3 is 0 Å². The Kier molecular flexibility index (Phi) is 6.79. The maximum absolute atomic E-state index is 13.8. The first-order valence-corrected chi connectivity index (χ1v) is 9.26. The van der Waals surface area contributed by atoms with Gasteiger partial charge in [-0.2, -0.15) is 0 Å². The van der Waals surface area contributed by atoms with E-state index in [9.17, 15) is 14.3 Å². The summed E-state index contributed by atoms with van der Waals surface area (Å²) in [6.45, 7) is 4.04. The van der Waals surface area contributed by atoms with E-state index in [-0.39, 0.29) is 10.6 Å². The van der Waals surface area contributed by atoms with Gasteiger partial charge in [0.2, 0.25) is 0 Å². The molecule has 3 rings (SSSR count). The lowest BCUT2D eigenvalue weighted by Gasteiger charge is -2.27. The van der Waals surface area contributed by atoms with Crippen LogP contribution in [0.3, 0.4) is 0 Å². The molecule has 7 heteroatoms. The average Bonchev–Trinajstić information content (AvgIpc) is 2.67. The minimum absolute atomic E-state index is 0.0580. The van der Waals surface area contributed by atoms with Crippen molar-refractivity contribution in [3.8, 4) is 0 Å². The van der Waals surface area contributed by atoms with Crippen molar-refractivity contribution in [1.82, 2.24) is 4.90 Å². The number of benzene rings is 2. The molecule has 5 nitrogen and oxygen atoms in total. The van der Waals surface area contributed by atoms with E-state index in [1.54, 1.807) is 24.3 Å². The highest BCUT2D eigenvalue weighted by atomic mass is 35.5. The van der Waals surface area contributed by atoms with E-state index < -0.39 is 17.8 Å². The van der Waals surface area contributed by atoms with Crippen LogP contribution < -0.4 is 5.32 Å². The second-order valence-electron chi connectivity index (χ2n) is 6.43. The summed E-state index contributed by atoms with van der Waals surface area (Å²) in [7, 11) is 0. The number of hydrogen-bond acceptors (Lipinski definition) is 4. The number of nitrogens with zero attached hydrogens (tertiary/aromatic N) is 1. The molecule has 0 bridgehead atoms. The molecule has 1 aliphatic heterocycles. The molecule has 1 fully saturated rings. The van der Waals surface area contributed by atoms with Gasteiger partial charge in [-0.3, -0.25) is 9.69 Å². The van der Waals surface area contributed by atoms with E-state index in [0.29, 0.717) is 12.1 Å². The molecule has 2 N–H and O–H groups in total. The number of aliphatic hydroxyl groups is 1. The Balaban J connectivity index is 1.57. The lowest BCUT2D eigenvalue weighted by molar-refractivity contribution is 0.0300. The highest BCUT2D eigenvalue weighted by molar-refractivity contribution is 6.34. The third-order valence-corrected chi connectivity index (χ3v) is 4.88. The van der Waals surface area contributed by atoms with Crippen molar-refractivity contribution in [2.24, 2.45) is 0 Å². The molecular formula is C20H22ClFN2O3. The molecule has 1 unspecified atom stereocenters. The number of morpholine rings is 1. The van der Waals surface area contributed by atoms with Crippen LogP contribution in [0.25, 0.3) is 0 Å². The van der Waals surface area contributed by atoms with Crippen LogP contribution in [0.1, 0.15) is 28.4 Å². The zero-order valence-electron chi connectivity index (χ0n) is 14.8. The number of amides is 1. The van der Waals surface area contributed by atoms with Gasteiger partial charge in [0, 0.05) is 25.3 Å². The Morgan fingerprint density at radius 1 is 1.22 bits per heavy atom. The molecule has 0 spiro atoms. The molecular weight excluding hydrogens is 371 g/mol. The largest absolute Gasteiger partial charge is 0.388 e. The average molecular weight is 393 g/mol. The van der Waals surface area contributed by atoms with E-state index in [1.807, 2.05) is 0 Å². The minimum atomic E-state index is -0.671. The molecule has 1 aliphatic rings. The monoisotopic (exact) mass is 392 g/mol. The predicted molar refractivity (Wildman–Crippen MR) is 103 cm³/mol. The quantitative estimate of drug-likeness (QED) is 0.790. The Bertz CT molecular complexity index is 759. The fourth-order valence-corrected chi connectivity index (χ4v) is 3.24. The van der Waals surface area contributed by atoms with Crippen molar-refractivity contribution in [3.05, 3.63) is 64.4 Å². The highest BCUT2D eigenvalue weighted by Gasteiger charge is 2.17. The molecule has 0 saturated carbocycles. The fraction of sp³-hybridized carbons (Fsp3) is 0.350. The molecule has 27 heavy (non-hydrogen) atoms. The van der Waals surface area contributed by atoms with Crippen molar-refractivity contribution >= 4 is 23.2 Å². The van der Waals surface area contributed by atoms with Gasteiger partial charge in [-0.15, -0.1) is 0 Å². The first kappa shape index (κ1) is 19.8. The van der Waals surface area contributed by atoms with E-state index in [0.717, 1.165) is 38.4 Å². The summed E-state index contributed by atoms with van der Waals surface area (Å²) in [4.78, 5) is 14.5. The summed E-state index contributed by atoms with van der Waals surface area (Å²) in [6, 6.07) is 11.0. The van der Waals surface area contributed by atoms with E-state index in [2.05, 4.69) is 10.2 Å². The molecule has 0 aromatic heterocycles. The number of halogens is 2. The van der Waals surface area contributed by atoms with E-state index in [1.165, 1.54) is 18.2 Å². The molecule has 0 radical (unpaired) electrons. The van der Waals surface area contributed by atoms with Gasteiger partial charge < -0.3 is 15.2 Å². The lowest BCUT2D eigenvalue weighted by atomic mass is 10.1. The third-order valence-electron chi connectivity index (χ3n) is 4.57. The molecule has 144 valence electrons. The van der Waals surface area contributed by atoms with Gasteiger partial charge in [-0.05, 0) is 36.2 Å². The summed E-state index contributed by atoms with van der Waals surface area (Å²) in [5.41, 5.74) is 1.09. The zero-order chi connectivity index (χ0) is 19.2. The van der Waals surface area contributed by atoms with Gasteiger partial charge in [0.05, 0.1) is 29.9 Å². The summed E-state index contributed by atoms with van der Waals surface area (Å²) < 4.78 is 19.1. The van der Waals surface area contributed by atoms with Gasteiger partial charge in [-0.25, -0.2) is 4.39 Å². The molecule has 1 atom stereocenters. The van der Waals surface area contributed by atoms with Crippen molar-refractivity contribution in [1.29, 1.82) is 0 Å². The summed E-state index contributed by atoms with van der Waals surface area (Å²) in [5.74, 6) is -1.28. The van der Waals surface area contributed by atoms with E-state index >= 15 is 0 Å². The molecule has 2 aromatic rings. The third kappa shape index (κ3) is 5.26. The normalized spacial score (nSPS) is 16.1. The van der Waals surface area contributed by atoms with Crippen LogP contribution in [0.15, 0.2) is 42.5 Å². The van der Waals surface area contributed by atoms with Crippen LogP contribution >= 0.6 is 11.6 Å². The van der Waals surface area contributed by atoms with Gasteiger partial charge in [0.25, 0.3) is 5.91 Å². The predicted octanol–water partition coefficient (Wildman–Crippen LogP) is 3.49. The van der Waals surface area contributed by atoms with E-state index in [4.69, 9.17) is 16.3 Å². The second kappa shape index (κ2) is 9.28. The molecule has 1 heterocycles. The maximum atomic E-state index is 13.8. The van der Waals surface area contributed by atoms with Crippen LogP contribution in [-0.4, -0.2) is 48.8 Å². The van der Waals surface area contributed by atoms with Crippen molar-refractivity contribution in [2.45, 2.75) is 12.5 Å². The SMILES string of the molecule is O=C(Nc1ccc(C(O)CCN2CCOCC2)cc1)c1c(F)cccc1Cl. The smallest absolute Gasteiger partial charge is 0.260 e. The number of hydrogen-bond donors (Lipinski definition) is 2. The topological polar surface area (TPSA) is 61.8 Å². The molecule has 1 amide bonds. The summed E-state index contributed by atoms with van der Waals surface area (Å²) in [5, 5.41) is 13.0. The maximum Gasteiger partial charge on any atom is 0.260 e. The number of aliphatic hydroxyl groups excluding tert-OH is 1. The molecule has 0 aliphatic carbocycles. The second-order valence-corrected chi connectivity index (χ2v) is 6.84. The van der Waals surface area contributed by atoms with Crippen LogP contribution in [0.2, 0.25) is 5.02 Å². The highest BCUT2D eigenvalue weighted by Crippen LogP contribution is 2.23. The summed E-state index contributed by atoms with van der Waals surface area (Å²) in [6.07, 6.45) is 0.0369. The number of anilines is 1. The number of ether oxygens (including phenoxy) is 1. The Morgan fingerprint density at radius 3 is 2.59 bits per heavy atom. The Labute approximate surface area is 162 Å².